The van der Waals surface area contributed by atoms with Gasteiger partial charge in [-0.15, -0.1) is 0 Å². The summed E-state index contributed by atoms with van der Waals surface area (Å²) < 4.78 is 30.5. The minimum Gasteiger partial charge on any atom is -0.497 e. The number of hydrogen-bond donors (Lipinski definition) is 3. The Morgan fingerprint density at radius 2 is 2.06 bits per heavy atom. The molecule has 1 aromatic rings. The third kappa shape index (κ3) is 3.61. The number of hydrogen-bond acceptors (Lipinski definition) is 5. The zero-order valence-electron chi connectivity index (χ0n) is 9.12. The standard InChI is InChI=1S/C9H13N3O4S/c1-16-7-2-4-8(5-3-7)17(14,15)11-6-9(10)12-13/h2-5,11,13H,6H2,1H3,(H2,10,12). The van der Waals surface area contributed by atoms with E-state index in [4.69, 9.17) is 15.7 Å². The van der Waals surface area contributed by atoms with Crippen LogP contribution in [0, 0.1) is 0 Å². The summed E-state index contributed by atoms with van der Waals surface area (Å²) in [5.74, 6) is 0.336. The average molecular weight is 259 g/mol. The van der Waals surface area contributed by atoms with Crippen LogP contribution in [0.25, 0.3) is 0 Å². The van der Waals surface area contributed by atoms with Crippen molar-refractivity contribution in [3.63, 3.8) is 0 Å². The molecule has 0 amide bonds. The number of nitrogens with zero attached hydrogens (tertiary/aromatic N) is 1. The maximum atomic E-state index is 11.7. The summed E-state index contributed by atoms with van der Waals surface area (Å²) in [7, 11) is -2.18. The second-order valence-electron chi connectivity index (χ2n) is 3.09. The maximum Gasteiger partial charge on any atom is 0.240 e. The van der Waals surface area contributed by atoms with E-state index in [1.54, 1.807) is 0 Å². The number of methoxy groups -OCH3 is 1. The lowest BCUT2D eigenvalue weighted by Gasteiger charge is -2.06. The smallest absolute Gasteiger partial charge is 0.240 e. The highest BCUT2D eigenvalue weighted by Gasteiger charge is 2.13. The molecule has 0 heterocycles. The predicted molar refractivity (Wildman–Crippen MR) is 61.6 cm³/mol. The molecule has 8 heteroatoms. The van der Waals surface area contributed by atoms with Crippen LogP contribution in [0.1, 0.15) is 0 Å². The molecule has 0 atom stereocenters. The van der Waals surface area contributed by atoms with Crippen molar-refractivity contribution in [2.75, 3.05) is 13.7 Å². The molecule has 0 unspecified atom stereocenters. The molecule has 0 aliphatic carbocycles. The van der Waals surface area contributed by atoms with E-state index in [9.17, 15) is 8.42 Å². The van der Waals surface area contributed by atoms with E-state index in [1.807, 2.05) is 0 Å². The number of sulfonamides is 1. The quantitative estimate of drug-likeness (QED) is 0.291. The van der Waals surface area contributed by atoms with Crippen molar-refractivity contribution in [1.82, 2.24) is 4.72 Å². The van der Waals surface area contributed by atoms with E-state index in [0.29, 0.717) is 5.75 Å². The molecular formula is C9H13N3O4S. The highest BCUT2D eigenvalue weighted by atomic mass is 32.2. The molecule has 1 rings (SSSR count). The first-order valence-electron chi connectivity index (χ1n) is 4.59. The highest BCUT2D eigenvalue weighted by Crippen LogP contribution is 2.14. The molecule has 0 radical (unpaired) electrons. The van der Waals surface area contributed by atoms with Gasteiger partial charge in [-0.05, 0) is 24.3 Å². The molecule has 7 nitrogen and oxygen atoms in total. The molecule has 0 aliphatic rings. The Labute approximate surface area is 98.9 Å². The predicted octanol–water partition coefficient (Wildman–Crippen LogP) is -0.280. The second kappa shape index (κ2) is 5.51. The number of rotatable bonds is 5. The number of amidine groups is 1. The van der Waals surface area contributed by atoms with Gasteiger partial charge in [0.25, 0.3) is 0 Å². The average Bonchev–Trinajstić information content (AvgIpc) is 2.36. The maximum absolute atomic E-state index is 11.7. The van der Waals surface area contributed by atoms with Gasteiger partial charge in [-0.25, -0.2) is 13.1 Å². The van der Waals surface area contributed by atoms with E-state index in [2.05, 4.69) is 9.88 Å². The van der Waals surface area contributed by atoms with Gasteiger partial charge in [0.05, 0.1) is 18.6 Å². The van der Waals surface area contributed by atoms with Crippen molar-refractivity contribution >= 4 is 15.9 Å². The van der Waals surface area contributed by atoms with Crippen molar-refractivity contribution in [1.29, 1.82) is 0 Å². The van der Waals surface area contributed by atoms with Gasteiger partial charge >= 0.3 is 0 Å². The summed E-state index contributed by atoms with van der Waals surface area (Å²) in [6, 6.07) is 5.84. The minimum absolute atomic E-state index is 0.0732. The number of ether oxygens (including phenoxy) is 1. The second-order valence-corrected chi connectivity index (χ2v) is 4.86. The molecule has 17 heavy (non-hydrogen) atoms. The molecule has 0 aliphatic heterocycles. The van der Waals surface area contributed by atoms with Crippen molar-refractivity contribution < 1.29 is 18.4 Å². The first kappa shape index (κ1) is 13.3. The number of oxime groups is 1. The Hall–Kier alpha value is -1.80. The monoisotopic (exact) mass is 259 g/mol. The molecule has 0 aromatic heterocycles. The third-order valence-corrected chi connectivity index (χ3v) is 3.36. The zero-order valence-corrected chi connectivity index (χ0v) is 9.94. The van der Waals surface area contributed by atoms with Crippen LogP contribution in [0.4, 0.5) is 0 Å². The Balaban J connectivity index is 2.82. The fraction of sp³-hybridized carbons (Fsp3) is 0.222. The van der Waals surface area contributed by atoms with Crippen LogP contribution < -0.4 is 15.2 Å². The van der Waals surface area contributed by atoms with Crippen molar-refractivity contribution in [3.8, 4) is 5.75 Å². The Kier molecular flexibility index (Phi) is 4.30. The van der Waals surface area contributed by atoms with Gasteiger partial charge in [-0.3, -0.25) is 0 Å². The Morgan fingerprint density at radius 3 is 2.53 bits per heavy atom. The lowest BCUT2D eigenvalue weighted by atomic mass is 10.3. The van der Waals surface area contributed by atoms with E-state index < -0.39 is 10.0 Å². The van der Waals surface area contributed by atoms with Crippen LogP contribution in [-0.4, -0.2) is 33.1 Å². The summed E-state index contributed by atoms with van der Waals surface area (Å²) in [4.78, 5) is 0.0732. The van der Waals surface area contributed by atoms with Crippen LogP contribution in [0.3, 0.4) is 0 Å². The van der Waals surface area contributed by atoms with Crippen molar-refractivity contribution in [2.45, 2.75) is 4.90 Å². The highest BCUT2D eigenvalue weighted by molar-refractivity contribution is 7.89. The molecule has 0 saturated carbocycles. The summed E-state index contributed by atoms with van der Waals surface area (Å²) >= 11 is 0. The molecule has 4 N–H and O–H groups in total. The molecule has 0 fully saturated rings. The van der Waals surface area contributed by atoms with Gasteiger partial charge in [-0.1, -0.05) is 5.16 Å². The number of benzene rings is 1. The van der Waals surface area contributed by atoms with E-state index in [1.165, 1.54) is 31.4 Å². The summed E-state index contributed by atoms with van der Waals surface area (Å²) in [6.45, 7) is -0.259. The Bertz CT molecular complexity index is 495. The van der Waals surface area contributed by atoms with Crippen LogP contribution >= 0.6 is 0 Å². The first-order chi connectivity index (χ1) is 7.99. The lowest BCUT2D eigenvalue weighted by Crippen LogP contribution is -2.33. The van der Waals surface area contributed by atoms with E-state index in [0.717, 1.165) is 0 Å². The van der Waals surface area contributed by atoms with Crippen LogP contribution in [0.15, 0.2) is 34.3 Å². The molecule has 94 valence electrons. The van der Waals surface area contributed by atoms with Crippen LogP contribution in [0.2, 0.25) is 0 Å². The van der Waals surface area contributed by atoms with Gasteiger partial charge < -0.3 is 15.7 Å². The Morgan fingerprint density at radius 1 is 1.47 bits per heavy atom. The topological polar surface area (TPSA) is 114 Å². The molecule has 0 spiro atoms. The molecule has 1 aromatic carbocycles. The minimum atomic E-state index is -3.67. The van der Waals surface area contributed by atoms with Crippen LogP contribution in [-0.2, 0) is 10.0 Å². The fourth-order valence-electron chi connectivity index (χ4n) is 1.04. The SMILES string of the molecule is COc1ccc(S(=O)(=O)NC/C(N)=N/O)cc1. The summed E-state index contributed by atoms with van der Waals surface area (Å²) in [6.07, 6.45) is 0. The first-order valence-corrected chi connectivity index (χ1v) is 6.08. The van der Waals surface area contributed by atoms with Gasteiger partial charge in [0.15, 0.2) is 5.84 Å². The number of nitrogens with one attached hydrogen (secondary N) is 1. The normalized spacial score (nSPS) is 12.4. The van der Waals surface area contributed by atoms with Gasteiger partial charge in [0, 0.05) is 0 Å². The lowest BCUT2D eigenvalue weighted by molar-refractivity contribution is 0.317. The van der Waals surface area contributed by atoms with Crippen LogP contribution in [0.5, 0.6) is 5.75 Å². The van der Waals surface area contributed by atoms with Gasteiger partial charge in [0.2, 0.25) is 10.0 Å². The zero-order chi connectivity index (χ0) is 12.9. The van der Waals surface area contributed by atoms with E-state index in [-0.39, 0.29) is 17.3 Å². The van der Waals surface area contributed by atoms with E-state index >= 15 is 0 Å². The van der Waals surface area contributed by atoms with Gasteiger partial charge in [-0.2, -0.15) is 0 Å². The summed E-state index contributed by atoms with van der Waals surface area (Å²) in [5.41, 5.74) is 5.16. The molecule has 0 bridgehead atoms. The third-order valence-electron chi connectivity index (χ3n) is 1.94. The summed E-state index contributed by atoms with van der Waals surface area (Å²) in [5, 5.41) is 10.9. The van der Waals surface area contributed by atoms with Gasteiger partial charge in [0.1, 0.15) is 5.75 Å². The largest absolute Gasteiger partial charge is 0.497 e. The number of nitrogens with two attached hydrogens (primary N) is 1. The van der Waals surface area contributed by atoms with Crippen molar-refractivity contribution in [3.05, 3.63) is 24.3 Å². The molecular weight excluding hydrogens is 246 g/mol. The fourth-order valence-corrected chi connectivity index (χ4v) is 2.04. The van der Waals surface area contributed by atoms with Crippen molar-refractivity contribution in [2.24, 2.45) is 10.9 Å². The molecule has 0 saturated heterocycles.